The molecule has 1 N–H and O–H groups in total. The summed E-state index contributed by atoms with van der Waals surface area (Å²) in [5.41, 5.74) is 3.43. The van der Waals surface area contributed by atoms with Crippen molar-refractivity contribution in [2.24, 2.45) is 0 Å². The third-order valence-corrected chi connectivity index (χ3v) is 5.57. The first-order valence-corrected chi connectivity index (χ1v) is 10.6. The summed E-state index contributed by atoms with van der Waals surface area (Å²) in [6, 6.07) is 16.3. The van der Waals surface area contributed by atoms with Gasteiger partial charge in [0.15, 0.2) is 17.1 Å². The quantitative estimate of drug-likeness (QED) is 0.470. The number of hydrogen-bond acceptors (Lipinski definition) is 5. The van der Waals surface area contributed by atoms with Gasteiger partial charge in [-0.3, -0.25) is 9.36 Å². The largest absolute Gasteiger partial charge is 0.493 e. The fourth-order valence-corrected chi connectivity index (χ4v) is 3.80. The molecule has 4 aromatic rings. The molecule has 8 heteroatoms. The van der Waals surface area contributed by atoms with Gasteiger partial charge in [-0.1, -0.05) is 23.8 Å². The molecule has 0 bridgehead atoms. The second kappa shape index (κ2) is 9.20. The van der Waals surface area contributed by atoms with Crippen LogP contribution in [0.25, 0.3) is 16.9 Å². The van der Waals surface area contributed by atoms with E-state index in [1.165, 1.54) is 9.13 Å². The number of rotatable bonds is 7. The van der Waals surface area contributed by atoms with Crippen LogP contribution in [0.4, 0.5) is 0 Å². The zero-order valence-electron chi connectivity index (χ0n) is 19.0. The zero-order valence-corrected chi connectivity index (χ0v) is 19.0. The average molecular weight is 447 g/mol. The summed E-state index contributed by atoms with van der Waals surface area (Å²) in [4.78, 5) is 30.6. The zero-order chi connectivity index (χ0) is 23.5. The number of aryl methyl sites for hydroxylation is 1. The number of nitrogens with zero attached hydrogens (tertiary/aromatic N) is 3. The topological polar surface area (TPSA) is 87.4 Å². The molecule has 170 valence electrons. The van der Waals surface area contributed by atoms with E-state index in [2.05, 4.69) is 10.3 Å². The van der Waals surface area contributed by atoms with Gasteiger partial charge >= 0.3 is 5.69 Å². The SMILES string of the molecule is COc1ccc([C@H](C)NC(=O)Cn2c(=O)n(-c3ccc(C)cc3)c3ncccc32)cc1OC. The van der Waals surface area contributed by atoms with Crippen molar-refractivity contribution < 1.29 is 14.3 Å². The van der Waals surface area contributed by atoms with E-state index in [1.54, 1.807) is 38.6 Å². The van der Waals surface area contributed by atoms with Crippen molar-refractivity contribution in [1.29, 1.82) is 0 Å². The Morgan fingerprint density at radius 3 is 2.48 bits per heavy atom. The van der Waals surface area contributed by atoms with Crippen molar-refractivity contribution >= 4 is 17.1 Å². The van der Waals surface area contributed by atoms with Gasteiger partial charge < -0.3 is 14.8 Å². The summed E-state index contributed by atoms with van der Waals surface area (Å²) in [6.07, 6.45) is 1.63. The van der Waals surface area contributed by atoms with Crippen LogP contribution in [0.2, 0.25) is 0 Å². The number of amides is 1. The highest BCUT2D eigenvalue weighted by Gasteiger charge is 2.19. The molecule has 0 unspecified atom stereocenters. The Kier molecular flexibility index (Phi) is 6.17. The molecule has 2 aromatic carbocycles. The van der Waals surface area contributed by atoms with Gasteiger partial charge in [0.05, 0.1) is 31.5 Å². The lowest BCUT2D eigenvalue weighted by molar-refractivity contribution is -0.122. The van der Waals surface area contributed by atoms with Crippen LogP contribution in [-0.2, 0) is 11.3 Å². The van der Waals surface area contributed by atoms with Crippen molar-refractivity contribution in [2.45, 2.75) is 26.4 Å². The molecule has 1 amide bonds. The second-order valence-corrected chi connectivity index (χ2v) is 7.79. The molecule has 33 heavy (non-hydrogen) atoms. The first kappa shape index (κ1) is 22.1. The van der Waals surface area contributed by atoms with Gasteiger partial charge in [-0.05, 0) is 55.8 Å². The molecule has 0 saturated carbocycles. The average Bonchev–Trinajstić information content (AvgIpc) is 3.10. The lowest BCUT2D eigenvalue weighted by atomic mass is 10.1. The van der Waals surface area contributed by atoms with Crippen LogP contribution >= 0.6 is 0 Å². The predicted molar refractivity (Wildman–Crippen MR) is 126 cm³/mol. The van der Waals surface area contributed by atoms with E-state index in [0.717, 1.165) is 11.1 Å². The Morgan fingerprint density at radius 2 is 1.79 bits per heavy atom. The molecule has 1 atom stereocenters. The number of carbonyl (C=O) groups excluding carboxylic acids is 1. The number of hydrogen-bond donors (Lipinski definition) is 1. The number of nitrogens with one attached hydrogen (secondary N) is 1. The van der Waals surface area contributed by atoms with Gasteiger partial charge in [0.25, 0.3) is 0 Å². The molecule has 2 heterocycles. The Hall–Kier alpha value is -4.07. The highest BCUT2D eigenvalue weighted by molar-refractivity contribution is 5.80. The molecule has 2 aromatic heterocycles. The predicted octanol–water partition coefficient (Wildman–Crippen LogP) is 3.39. The van der Waals surface area contributed by atoms with Crippen LogP contribution < -0.4 is 20.5 Å². The van der Waals surface area contributed by atoms with Gasteiger partial charge in [-0.15, -0.1) is 0 Å². The van der Waals surface area contributed by atoms with Gasteiger partial charge in [-0.25, -0.2) is 14.3 Å². The molecular formula is C25H26N4O4. The minimum atomic E-state index is -0.318. The van der Waals surface area contributed by atoms with E-state index in [9.17, 15) is 9.59 Å². The van der Waals surface area contributed by atoms with E-state index in [0.29, 0.717) is 28.4 Å². The number of pyridine rings is 1. The third-order valence-electron chi connectivity index (χ3n) is 5.57. The summed E-state index contributed by atoms with van der Waals surface area (Å²) in [6.45, 7) is 3.73. The summed E-state index contributed by atoms with van der Waals surface area (Å²) in [5, 5.41) is 2.96. The number of methoxy groups -OCH3 is 2. The lowest BCUT2D eigenvalue weighted by Crippen LogP contribution is -2.34. The first-order valence-electron chi connectivity index (χ1n) is 10.6. The normalized spacial score (nSPS) is 11.9. The van der Waals surface area contributed by atoms with Crippen molar-refractivity contribution in [3.05, 3.63) is 82.4 Å². The van der Waals surface area contributed by atoms with Crippen LogP contribution in [0.5, 0.6) is 11.5 Å². The highest BCUT2D eigenvalue weighted by Crippen LogP contribution is 2.29. The number of ether oxygens (including phenoxy) is 2. The van der Waals surface area contributed by atoms with Crippen LogP contribution in [0.3, 0.4) is 0 Å². The van der Waals surface area contributed by atoms with Gasteiger partial charge in [-0.2, -0.15) is 0 Å². The van der Waals surface area contributed by atoms with Gasteiger partial charge in [0.1, 0.15) is 6.54 Å². The van der Waals surface area contributed by atoms with Crippen LogP contribution in [-0.4, -0.2) is 34.2 Å². The minimum absolute atomic E-state index is 0.127. The van der Waals surface area contributed by atoms with E-state index in [4.69, 9.17) is 9.47 Å². The van der Waals surface area contributed by atoms with Crippen LogP contribution in [0.1, 0.15) is 24.1 Å². The smallest absolute Gasteiger partial charge is 0.335 e. The summed E-state index contributed by atoms with van der Waals surface area (Å²) in [7, 11) is 3.14. The lowest BCUT2D eigenvalue weighted by Gasteiger charge is -2.16. The van der Waals surface area contributed by atoms with Crippen molar-refractivity contribution in [1.82, 2.24) is 19.4 Å². The standard InChI is InChI=1S/C25H26N4O4/c1-16-7-10-19(11-8-16)29-24-20(6-5-13-26-24)28(25(29)31)15-23(30)27-17(2)18-9-12-21(32-3)22(14-18)33-4/h5-14,17H,15H2,1-4H3,(H,27,30)/t17-/m0/s1. The van der Waals surface area contributed by atoms with E-state index in [1.807, 2.05) is 50.2 Å². The number of aromatic nitrogens is 3. The summed E-state index contributed by atoms with van der Waals surface area (Å²) >= 11 is 0. The summed E-state index contributed by atoms with van der Waals surface area (Å²) in [5.74, 6) is 0.911. The van der Waals surface area contributed by atoms with Crippen molar-refractivity contribution in [3.8, 4) is 17.2 Å². The summed E-state index contributed by atoms with van der Waals surface area (Å²) < 4.78 is 13.6. The molecule has 0 aliphatic heterocycles. The molecule has 0 aliphatic carbocycles. The Balaban J connectivity index is 1.62. The molecule has 0 radical (unpaired) electrons. The fraction of sp³-hybridized carbons (Fsp3) is 0.240. The molecule has 0 fully saturated rings. The number of imidazole rings is 1. The van der Waals surface area contributed by atoms with E-state index >= 15 is 0 Å². The molecule has 0 aliphatic rings. The monoisotopic (exact) mass is 446 g/mol. The number of fused-ring (bicyclic) bond motifs is 1. The number of benzene rings is 2. The number of carbonyl (C=O) groups is 1. The maximum atomic E-state index is 13.3. The van der Waals surface area contributed by atoms with E-state index < -0.39 is 0 Å². The Labute approximate surface area is 191 Å². The van der Waals surface area contributed by atoms with Crippen LogP contribution in [0, 0.1) is 6.92 Å². The third kappa shape index (κ3) is 4.32. The van der Waals surface area contributed by atoms with Crippen molar-refractivity contribution in [2.75, 3.05) is 14.2 Å². The fourth-order valence-electron chi connectivity index (χ4n) is 3.80. The molecule has 0 spiro atoms. The minimum Gasteiger partial charge on any atom is -0.493 e. The molecular weight excluding hydrogens is 420 g/mol. The maximum Gasteiger partial charge on any atom is 0.335 e. The molecule has 0 saturated heterocycles. The maximum absolute atomic E-state index is 13.3. The van der Waals surface area contributed by atoms with E-state index in [-0.39, 0.29) is 24.2 Å². The molecule has 4 rings (SSSR count). The Bertz CT molecular complexity index is 1360. The highest BCUT2D eigenvalue weighted by atomic mass is 16.5. The van der Waals surface area contributed by atoms with Gasteiger partial charge in [0, 0.05) is 6.20 Å². The Morgan fingerprint density at radius 1 is 1.06 bits per heavy atom. The molecule has 8 nitrogen and oxygen atoms in total. The first-order chi connectivity index (χ1) is 15.9. The van der Waals surface area contributed by atoms with Gasteiger partial charge in [0.2, 0.25) is 5.91 Å². The van der Waals surface area contributed by atoms with Crippen LogP contribution in [0.15, 0.2) is 65.6 Å². The second-order valence-electron chi connectivity index (χ2n) is 7.79. The van der Waals surface area contributed by atoms with Crippen molar-refractivity contribution in [3.63, 3.8) is 0 Å².